The third kappa shape index (κ3) is 74.7. The Kier molecular flexibility index (Phi) is 70.2. The van der Waals surface area contributed by atoms with Crippen molar-refractivity contribution in [2.45, 2.75) is 322 Å². The number of hydrogen-bond donors (Lipinski definition) is 4. The van der Waals surface area contributed by atoms with Crippen molar-refractivity contribution in [1.29, 1.82) is 0 Å². The molecule has 0 aliphatic rings. The number of aliphatic hydroxyl groups excluding tert-OH is 2. The summed E-state index contributed by atoms with van der Waals surface area (Å²) in [6, 6.07) is 0. The Bertz CT molecular complexity index is 2330. The molecule has 0 heterocycles. The molecule has 0 aliphatic heterocycles. The average molecular weight is 1430 g/mol. The Balaban J connectivity index is 4.48. The van der Waals surface area contributed by atoms with Gasteiger partial charge in [0.2, 0.25) is 0 Å². The van der Waals surface area contributed by atoms with Gasteiger partial charge >= 0.3 is 33.6 Å². The predicted molar refractivity (Wildman–Crippen MR) is 408 cm³/mol. The first-order valence-corrected chi connectivity index (χ1v) is 41.5. The van der Waals surface area contributed by atoms with E-state index in [2.05, 4.69) is 136 Å². The van der Waals surface area contributed by atoms with E-state index in [9.17, 15) is 43.5 Å². The molecular formula is C81H138O16P2. The monoisotopic (exact) mass is 1430 g/mol. The molecule has 0 saturated heterocycles. The number of ether oxygens (including phenoxy) is 3. The van der Waals surface area contributed by atoms with Gasteiger partial charge in [0.15, 0.2) is 6.10 Å². The molecule has 5 atom stereocenters. The van der Waals surface area contributed by atoms with E-state index < -0.39 is 91.5 Å². The number of aliphatic hydroxyl groups is 2. The standard InChI is InChI=1S/C81H138O16P2/c1-4-7-10-13-16-19-22-25-27-29-31-32-33-34-35-36-37-38-39-40-41-42-44-46-47-50-52-55-58-61-64-67-79(84)91-70-76(82)71-93-98(87,88)94-72-77(83)73-95-99(89,90)96-75-78(97-81(86)69-66-63-60-57-54-49-24-21-18-15-12-9-6-3)74-92-80(85)68-65-62-59-56-53-51-48-45-43-30-28-26-23-20-17-14-11-8-5-2/h7-8,10-11,16-17,19-20,25-28,31-32,34-35,43,45,51,53,59,62,76-78,82-83H,4-6,9,12-15,18,21-24,29-30,33,36-42,44,46-50,52,54-58,60-61,63-75H2,1-3H3,(H,87,88)(H,89,90)/b10-7-,11-8-,19-16-,20-17-,27-25-,28-26-,32-31-,35-34-,45-43-,53-51-,62-59-. The van der Waals surface area contributed by atoms with Crippen molar-refractivity contribution >= 4 is 33.6 Å². The molecule has 99 heavy (non-hydrogen) atoms. The molecule has 0 spiro atoms. The highest BCUT2D eigenvalue weighted by Crippen LogP contribution is 2.45. The molecule has 0 aromatic rings. The predicted octanol–water partition coefficient (Wildman–Crippen LogP) is 22.3. The summed E-state index contributed by atoms with van der Waals surface area (Å²) in [6.07, 6.45) is 88.2. The van der Waals surface area contributed by atoms with Gasteiger partial charge in [0.1, 0.15) is 25.4 Å². The topological polar surface area (TPSA) is 231 Å². The van der Waals surface area contributed by atoms with Gasteiger partial charge in [0, 0.05) is 19.3 Å². The van der Waals surface area contributed by atoms with Gasteiger partial charge in [-0.05, 0) is 103 Å². The van der Waals surface area contributed by atoms with E-state index in [1.54, 1.807) is 0 Å². The first-order chi connectivity index (χ1) is 48.2. The van der Waals surface area contributed by atoms with Gasteiger partial charge in [-0.25, -0.2) is 9.13 Å². The Morgan fingerprint density at radius 3 is 0.909 bits per heavy atom. The van der Waals surface area contributed by atoms with Crippen molar-refractivity contribution < 1.29 is 75.8 Å². The molecule has 18 heteroatoms. The number of hydrogen-bond acceptors (Lipinski definition) is 14. The summed E-state index contributed by atoms with van der Waals surface area (Å²) >= 11 is 0. The van der Waals surface area contributed by atoms with Crippen LogP contribution in [0.5, 0.6) is 0 Å². The van der Waals surface area contributed by atoms with Gasteiger partial charge in [-0.15, -0.1) is 0 Å². The summed E-state index contributed by atoms with van der Waals surface area (Å²) in [4.78, 5) is 58.5. The van der Waals surface area contributed by atoms with E-state index in [0.29, 0.717) is 25.7 Å². The Hall–Kier alpha value is -4.31. The van der Waals surface area contributed by atoms with Crippen LogP contribution in [0.15, 0.2) is 134 Å². The fourth-order valence-electron chi connectivity index (χ4n) is 10.1. The van der Waals surface area contributed by atoms with E-state index in [1.807, 2.05) is 18.2 Å². The van der Waals surface area contributed by atoms with E-state index in [0.717, 1.165) is 109 Å². The van der Waals surface area contributed by atoms with Gasteiger partial charge in [-0.1, -0.05) is 315 Å². The number of allylic oxidation sites excluding steroid dienone is 22. The third-order valence-electron chi connectivity index (χ3n) is 15.9. The zero-order valence-corrected chi connectivity index (χ0v) is 63.7. The SMILES string of the molecule is CC/C=C\C/C=C\C/C=C\C/C=C\C/C=C\C/C=C\CCC(=O)OCC(COP(=O)(O)OCC(O)COP(=O)(O)OCC(O)COC(=O)CCCCCCCCCCCCCCCCC/C=C\C/C=C\C/C=C\C/C=C\C/C=C\CC)OC(=O)CCCCCCCCCCCCCCC. The molecule has 0 fully saturated rings. The molecule has 0 bridgehead atoms. The van der Waals surface area contributed by atoms with Gasteiger partial charge in [-0.3, -0.25) is 32.5 Å². The highest BCUT2D eigenvalue weighted by molar-refractivity contribution is 7.47. The molecule has 0 amide bonds. The van der Waals surface area contributed by atoms with Gasteiger partial charge < -0.3 is 34.2 Å². The lowest BCUT2D eigenvalue weighted by atomic mass is 10.0. The van der Waals surface area contributed by atoms with Crippen molar-refractivity contribution in [1.82, 2.24) is 0 Å². The molecule has 0 aliphatic carbocycles. The first kappa shape index (κ1) is 94.7. The second-order valence-corrected chi connectivity index (χ2v) is 28.3. The van der Waals surface area contributed by atoms with Crippen LogP contribution < -0.4 is 0 Å². The van der Waals surface area contributed by atoms with Gasteiger partial charge in [0.25, 0.3) is 0 Å². The fraction of sp³-hybridized carbons (Fsp3) is 0.691. The van der Waals surface area contributed by atoms with Crippen LogP contribution >= 0.6 is 15.6 Å². The Labute approximate surface area is 601 Å². The second-order valence-electron chi connectivity index (χ2n) is 25.4. The van der Waals surface area contributed by atoms with E-state index in [-0.39, 0.29) is 19.3 Å². The quantitative estimate of drug-likeness (QED) is 0.0146. The van der Waals surface area contributed by atoms with E-state index in [4.69, 9.17) is 32.3 Å². The van der Waals surface area contributed by atoms with Crippen LogP contribution in [-0.4, -0.2) is 95.9 Å². The minimum Gasteiger partial charge on any atom is -0.463 e. The normalized spacial score (nSPS) is 14.8. The maximum Gasteiger partial charge on any atom is 0.472 e. The largest absolute Gasteiger partial charge is 0.472 e. The molecule has 4 N–H and O–H groups in total. The zero-order chi connectivity index (χ0) is 72.3. The summed E-state index contributed by atoms with van der Waals surface area (Å²) in [5, 5.41) is 20.6. The van der Waals surface area contributed by atoms with Crippen LogP contribution in [0.1, 0.15) is 303 Å². The lowest BCUT2D eigenvalue weighted by Gasteiger charge is -2.21. The molecule has 568 valence electrons. The second kappa shape index (κ2) is 73.4. The summed E-state index contributed by atoms with van der Waals surface area (Å²) in [5.74, 6) is -1.67. The summed E-state index contributed by atoms with van der Waals surface area (Å²) in [6.45, 7) is 2.37. The molecule has 0 aromatic carbocycles. The van der Waals surface area contributed by atoms with Crippen molar-refractivity contribution in [2.24, 2.45) is 0 Å². The molecule has 0 radical (unpaired) electrons. The number of esters is 3. The van der Waals surface area contributed by atoms with Crippen molar-refractivity contribution in [3.05, 3.63) is 134 Å². The van der Waals surface area contributed by atoms with Crippen LogP contribution in [0.3, 0.4) is 0 Å². The van der Waals surface area contributed by atoms with Crippen molar-refractivity contribution in [2.75, 3.05) is 39.6 Å². The number of unbranched alkanes of at least 4 members (excludes halogenated alkanes) is 27. The fourth-order valence-corrected chi connectivity index (χ4v) is 11.7. The molecule has 0 aromatic heterocycles. The maximum atomic E-state index is 12.9. The van der Waals surface area contributed by atoms with Gasteiger partial charge in [0.05, 0.1) is 26.4 Å². The lowest BCUT2D eigenvalue weighted by Crippen LogP contribution is -2.30. The van der Waals surface area contributed by atoms with Crippen LogP contribution in [-0.2, 0) is 55.8 Å². The molecule has 16 nitrogen and oxygen atoms in total. The molecule has 0 rings (SSSR count). The van der Waals surface area contributed by atoms with E-state index in [1.165, 1.54) is 128 Å². The Morgan fingerprint density at radius 2 is 0.556 bits per heavy atom. The first-order valence-electron chi connectivity index (χ1n) is 38.5. The van der Waals surface area contributed by atoms with Gasteiger partial charge in [-0.2, -0.15) is 0 Å². The van der Waals surface area contributed by atoms with Crippen LogP contribution in [0, 0.1) is 0 Å². The third-order valence-corrected chi connectivity index (χ3v) is 17.8. The van der Waals surface area contributed by atoms with Crippen LogP contribution in [0.4, 0.5) is 0 Å². The molecule has 5 unspecified atom stereocenters. The lowest BCUT2D eigenvalue weighted by molar-refractivity contribution is -0.161. The van der Waals surface area contributed by atoms with Crippen molar-refractivity contribution in [3.8, 4) is 0 Å². The number of phosphoric acid groups is 2. The van der Waals surface area contributed by atoms with E-state index >= 15 is 0 Å². The highest BCUT2D eigenvalue weighted by atomic mass is 31.2. The summed E-state index contributed by atoms with van der Waals surface area (Å²) in [7, 11) is -9.80. The van der Waals surface area contributed by atoms with Crippen LogP contribution in [0.2, 0.25) is 0 Å². The summed E-state index contributed by atoms with van der Waals surface area (Å²) in [5.41, 5.74) is 0. The van der Waals surface area contributed by atoms with Crippen molar-refractivity contribution in [3.63, 3.8) is 0 Å². The number of phosphoric ester groups is 2. The minimum atomic E-state index is -4.94. The Morgan fingerprint density at radius 1 is 0.293 bits per heavy atom. The molecule has 0 saturated carbocycles. The number of carbonyl (C=O) groups is 3. The average Bonchev–Trinajstić information content (AvgIpc) is 1.06. The smallest absolute Gasteiger partial charge is 0.463 e. The number of carbonyl (C=O) groups excluding carboxylic acids is 3. The zero-order valence-electron chi connectivity index (χ0n) is 61.9. The number of rotatable bonds is 72. The highest BCUT2D eigenvalue weighted by Gasteiger charge is 2.29. The summed E-state index contributed by atoms with van der Waals surface area (Å²) < 4.78 is 60.9. The maximum absolute atomic E-state index is 12.9. The molecular weight excluding hydrogens is 1290 g/mol. The minimum absolute atomic E-state index is 0.0449. The van der Waals surface area contributed by atoms with Crippen LogP contribution in [0.25, 0.3) is 0 Å².